The average Bonchev–Trinajstić information content (AvgIpc) is 3.32. The number of carbonyl (C=O) groups excluding carboxylic acids is 1. The number of thiazole rings is 1. The minimum atomic E-state index is 0.168. The molecule has 0 bridgehead atoms. The third-order valence-electron chi connectivity index (χ3n) is 4.79. The molecule has 0 saturated carbocycles. The molecule has 130 valence electrons. The van der Waals surface area contributed by atoms with Gasteiger partial charge < -0.3 is 14.2 Å². The van der Waals surface area contributed by atoms with E-state index in [4.69, 9.17) is 4.42 Å². The lowest BCUT2D eigenvalue weighted by molar-refractivity contribution is -0.130. The van der Waals surface area contributed by atoms with Gasteiger partial charge in [-0.15, -0.1) is 11.3 Å². The predicted molar refractivity (Wildman–Crippen MR) is 100 cm³/mol. The van der Waals surface area contributed by atoms with E-state index in [1.165, 1.54) is 5.56 Å². The van der Waals surface area contributed by atoms with Crippen molar-refractivity contribution in [1.29, 1.82) is 0 Å². The molecule has 6 heteroatoms. The van der Waals surface area contributed by atoms with E-state index >= 15 is 0 Å². The van der Waals surface area contributed by atoms with E-state index in [1.54, 1.807) is 17.6 Å². The highest BCUT2D eigenvalue weighted by molar-refractivity contribution is 7.13. The van der Waals surface area contributed by atoms with Gasteiger partial charge in [-0.1, -0.05) is 19.1 Å². The molecule has 5 nitrogen and oxygen atoms in total. The molecule has 1 fully saturated rings. The maximum absolute atomic E-state index is 12.7. The number of aryl methyl sites for hydroxylation is 1. The molecule has 3 heterocycles. The highest BCUT2D eigenvalue weighted by Gasteiger charge is 2.23. The van der Waals surface area contributed by atoms with Crippen LogP contribution in [0.3, 0.4) is 0 Å². The van der Waals surface area contributed by atoms with Crippen LogP contribution in [0.4, 0.5) is 5.13 Å². The second kappa shape index (κ2) is 6.88. The van der Waals surface area contributed by atoms with Crippen molar-refractivity contribution in [2.45, 2.75) is 19.8 Å². The molecule has 1 amide bonds. The molecule has 1 aliphatic heterocycles. The molecule has 4 rings (SSSR count). The first kappa shape index (κ1) is 16.1. The van der Waals surface area contributed by atoms with Gasteiger partial charge in [-0.2, -0.15) is 0 Å². The van der Waals surface area contributed by atoms with E-state index in [0.29, 0.717) is 6.42 Å². The number of anilines is 1. The molecule has 3 aromatic rings. The van der Waals surface area contributed by atoms with Gasteiger partial charge in [0.15, 0.2) is 5.13 Å². The Kier molecular flexibility index (Phi) is 4.44. The number of nitrogens with zero attached hydrogens (tertiary/aromatic N) is 3. The number of fused-ring (bicyclic) bond motifs is 1. The van der Waals surface area contributed by atoms with Gasteiger partial charge in [-0.3, -0.25) is 4.79 Å². The highest BCUT2D eigenvalue weighted by Crippen LogP contribution is 2.24. The van der Waals surface area contributed by atoms with E-state index in [1.807, 2.05) is 16.5 Å². The number of rotatable bonds is 4. The Labute approximate surface area is 150 Å². The summed E-state index contributed by atoms with van der Waals surface area (Å²) in [7, 11) is 0. The monoisotopic (exact) mass is 355 g/mol. The Morgan fingerprint density at radius 1 is 1.28 bits per heavy atom. The van der Waals surface area contributed by atoms with Gasteiger partial charge in [0.25, 0.3) is 0 Å². The fourth-order valence-corrected chi connectivity index (χ4v) is 3.98. The van der Waals surface area contributed by atoms with Crippen LogP contribution in [0.1, 0.15) is 18.1 Å². The Bertz CT molecular complexity index is 864. The van der Waals surface area contributed by atoms with Gasteiger partial charge >= 0.3 is 0 Å². The molecule has 0 atom stereocenters. The smallest absolute Gasteiger partial charge is 0.227 e. The van der Waals surface area contributed by atoms with Gasteiger partial charge in [0, 0.05) is 48.7 Å². The largest absolute Gasteiger partial charge is 0.464 e. The molecule has 0 unspecified atom stereocenters. The Balaban J connectivity index is 1.41. The first-order valence-electron chi connectivity index (χ1n) is 8.66. The van der Waals surface area contributed by atoms with Gasteiger partial charge in [0.1, 0.15) is 5.58 Å². The van der Waals surface area contributed by atoms with Crippen LogP contribution in [0.5, 0.6) is 0 Å². The summed E-state index contributed by atoms with van der Waals surface area (Å²) in [5.74, 6) is 0.168. The SMILES string of the molecule is CCc1ccc2c(CC(=O)N3CCN(c4nccs4)CC3)coc2c1. The predicted octanol–water partition coefficient (Wildman–Crippen LogP) is 3.34. The summed E-state index contributed by atoms with van der Waals surface area (Å²) < 4.78 is 5.66. The number of aromatic nitrogens is 1. The van der Waals surface area contributed by atoms with Crippen molar-refractivity contribution in [2.24, 2.45) is 0 Å². The van der Waals surface area contributed by atoms with Crippen molar-refractivity contribution in [3.05, 3.63) is 47.2 Å². The molecule has 1 aromatic carbocycles. The number of carbonyl (C=O) groups is 1. The van der Waals surface area contributed by atoms with Crippen LogP contribution in [0.25, 0.3) is 11.0 Å². The van der Waals surface area contributed by atoms with E-state index < -0.39 is 0 Å². The van der Waals surface area contributed by atoms with Crippen molar-refractivity contribution in [3.8, 4) is 0 Å². The molecular weight excluding hydrogens is 334 g/mol. The zero-order valence-corrected chi connectivity index (χ0v) is 15.1. The van der Waals surface area contributed by atoms with Crippen LogP contribution < -0.4 is 4.90 Å². The Morgan fingerprint density at radius 3 is 2.84 bits per heavy atom. The number of piperazine rings is 1. The summed E-state index contributed by atoms with van der Waals surface area (Å²) in [5.41, 5.74) is 3.10. The first-order chi connectivity index (χ1) is 12.2. The van der Waals surface area contributed by atoms with Crippen LogP contribution in [-0.2, 0) is 17.6 Å². The number of amides is 1. The van der Waals surface area contributed by atoms with E-state index in [-0.39, 0.29) is 5.91 Å². The van der Waals surface area contributed by atoms with Crippen LogP contribution >= 0.6 is 11.3 Å². The number of benzene rings is 1. The molecule has 0 N–H and O–H groups in total. The summed E-state index contributed by atoms with van der Waals surface area (Å²) >= 11 is 1.65. The first-order valence-corrected chi connectivity index (χ1v) is 9.54. The van der Waals surface area contributed by atoms with Crippen LogP contribution in [0, 0.1) is 0 Å². The van der Waals surface area contributed by atoms with Crippen LogP contribution in [0.2, 0.25) is 0 Å². The van der Waals surface area contributed by atoms with Crippen molar-refractivity contribution >= 4 is 33.3 Å². The molecular formula is C19H21N3O2S. The zero-order chi connectivity index (χ0) is 17.2. The summed E-state index contributed by atoms with van der Waals surface area (Å²) in [6, 6.07) is 6.25. The second-order valence-electron chi connectivity index (χ2n) is 6.30. The van der Waals surface area contributed by atoms with Crippen molar-refractivity contribution in [2.75, 3.05) is 31.1 Å². The van der Waals surface area contributed by atoms with E-state index in [0.717, 1.165) is 54.3 Å². The minimum absolute atomic E-state index is 0.168. The molecule has 0 radical (unpaired) electrons. The van der Waals surface area contributed by atoms with Gasteiger partial charge in [0.2, 0.25) is 5.91 Å². The van der Waals surface area contributed by atoms with Crippen molar-refractivity contribution in [1.82, 2.24) is 9.88 Å². The Morgan fingerprint density at radius 2 is 2.12 bits per heavy atom. The Hall–Kier alpha value is -2.34. The standard InChI is InChI=1S/C19H21N3O2S/c1-2-14-3-4-16-15(13-24-17(16)11-14)12-18(23)21-6-8-22(9-7-21)19-20-5-10-25-19/h3-5,10-11,13H,2,6-9,12H2,1H3. The molecule has 25 heavy (non-hydrogen) atoms. The van der Waals surface area contributed by atoms with Gasteiger partial charge in [-0.05, 0) is 18.1 Å². The molecule has 1 saturated heterocycles. The zero-order valence-electron chi connectivity index (χ0n) is 14.3. The topological polar surface area (TPSA) is 49.6 Å². The van der Waals surface area contributed by atoms with E-state index in [2.05, 4.69) is 35.0 Å². The lowest BCUT2D eigenvalue weighted by Gasteiger charge is -2.34. The fraction of sp³-hybridized carbons (Fsp3) is 0.368. The lowest BCUT2D eigenvalue weighted by atomic mass is 10.1. The van der Waals surface area contributed by atoms with Gasteiger partial charge in [0.05, 0.1) is 12.7 Å². The number of hydrogen-bond acceptors (Lipinski definition) is 5. The third-order valence-corrected chi connectivity index (χ3v) is 5.62. The maximum atomic E-state index is 12.7. The minimum Gasteiger partial charge on any atom is -0.464 e. The lowest BCUT2D eigenvalue weighted by Crippen LogP contribution is -2.49. The summed E-state index contributed by atoms with van der Waals surface area (Å²) in [5, 5.41) is 4.08. The quantitative estimate of drug-likeness (QED) is 0.720. The second-order valence-corrected chi connectivity index (χ2v) is 7.18. The number of hydrogen-bond donors (Lipinski definition) is 0. The molecule has 1 aliphatic rings. The average molecular weight is 355 g/mol. The molecule has 0 spiro atoms. The summed E-state index contributed by atoms with van der Waals surface area (Å²) in [6.07, 6.45) is 4.93. The third kappa shape index (κ3) is 3.26. The van der Waals surface area contributed by atoms with Crippen molar-refractivity contribution < 1.29 is 9.21 Å². The molecule has 0 aliphatic carbocycles. The maximum Gasteiger partial charge on any atom is 0.227 e. The van der Waals surface area contributed by atoms with E-state index in [9.17, 15) is 4.79 Å². The van der Waals surface area contributed by atoms with Crippen molar-refractivity contribution in [3.63, 3.8) is 0 Å². The molecule has 2 aromatic heterocycles. The fourth-order valence-electron chi connectivity index (χ4n) is 3.28. The summed E-state index contributed by atoms with van der Waals surface area (Å²) in [4.78, 5) is 21.2. The summed E-state index contributed by atoms with van der Waals surface area (Å²) in [6.45, 7) is 5.29. The van der Waals surface area contributed by atoms with Gasteiger partial charge in [-0.25, -0.2) is 4.98 Å². The number of furan rings is 1. The van der Waals surface area contributed by atoms with Crippen LogP contribution in [-0.4, -0.2) is 42.0 Å². The highest BCUT2D eigenvalue weighted by atomic mass is 32.1. The normalized spacial score (nSPS) is 15.1. The van der Waals surface area contributed by atoms with Crippen LogP contribution in [0.15, 0.2) is 40.5 Å².